The molecule has 1 aliphatic rings. The fourth-order valence-electron chi connectivity index (χ4n) is 2.11. The van der Waals surface area contributed by atoms with Crippen molar-refractivity contribution in [2.75, 3.05) is 0 Å². The largest absolute Gasteiger partial charge is 0.382 e. The van der Waals surface area contributed by atoms with Crippen LogP contribution in [0.5, 0.6) is 0 Å². The zero-order valence-corrected chi connectivity index (χ0v) is 12.3. The molecule has 99 valence electrons. The minimum absolute atomic E-state index is 0.104. The van der Waals surface area contributed by atoms with E-state index in [1.165, 1.54) is 0 Å². The molecule has 0 aliphatic carbocycles. The molecular weight excluding hydrogens is 211 g/mol. The van der Waals surface area contributed by atoms with E-state index in [2.05, 4.69) is 35.0 Å². The first kappa shape index (κ1) is 16.7. The Hall–Kier alpha value is -0.305. The van der Waals surface area contributed by atoms with Crippen molar-refractivity contribution in [1.82, 2.24) is 0 Å². The van der Waals surface area contributed by atoms with Crippen LogP contribution in [0.25, 0.3) is 0 Å². The summed E-state index contributed by atoms with van der Waals surface area (Å²) < 4.78 is 5.86. The van der Waals surface area contributed by atoms with Gasteiger partial charge in [0.15, 0.2) is 7.28 Å². The molecule has 3 unspecified atom stereocenters. The van der Waals surface area contributed by atoms with Crippen molar-refractivity contribution in [1.29, 1.82) is 0 Å². The van der Waals surface area contributed by atoms with Crippen LogP contribution in [0.4, 0.5) is 0 Å². The standard InChI is InChI=1S/C12H22BO2.C2H6/c1-5-9(2)10(8-14)6-11-7-13-12(3,4)15-11;1-2/h8-11H,5-7H2,1-4H3;1-2H3. The Kier molecular flexibility index (Phi) is 7.77. The Labute approximate surface area is 108 Å². The van der Waals surface area contributed by atoms with E-state index in [4.69, 9.17) is 4.74 Å². The first-order valence-corrected chi connectivity index (χ1v) is 6.96. The lowest BCUT2D eigenvalue weighted by Gasteiger charge is -2.24. The smallest absolute Gasteiger partial charge is 0.155 e. The van der Waals surface area contributed by atoms with Gasteiger partial charge < -0.3 is 9.53 Å². The van der Waals surface area contributed by atoms with Crippen LogP contribution in [0, 0.1) is 11.8 Å². The fraction of sp³-hybridized carbons (Fsp3) is 0.929. The van der Waals surface area contributed by atoms with E-state index >= 15 is 0 Å². The molecule has 1 rings (SSSR count). The Morgan fingerprint density at radius 2 is 2.06 bits per heavy atom. The number of hydrogen-bond donors (Lipinski definition) is 0. The summed E-state index contributed by atoms with van der Waals surface area (Å²) in [7, 11) is 2.20. The van der Waals surface area contributed by atoms with Gasteiger partial charge in [0.2, 0.25) is 0 Å². The van der Waals surface area contributed by atoms with Gasteiger partial charge in [-0.1, -0.05) is 40.4 Å². The predicted molar refractivity (Wildman–Crippen MR) is 74.5 cm³/mol. The van der Waals surface area contributed by atoms with E-state index in [1.54, 1.807) is 0 Å². The zero-order chi connectivity index (χ0) is 13.5. The van der Waals surface area contributed by atoms with Crippen LogP contribution in [0.3, 0.4) is 0 Å². The highest BCUT2D eigenvalue weighted by molar-refractivity contribution is 6.40. The summed E-state index contributed by atoms with van der Waals surface area (Å²) in [6.07, 6.45) is 4.25. The molecule has 3 heteroatoms. The molecule has 0 N–H and O–H groups in total. The van der Waals surface area contributed by atoms with Crippen molar-refractivity contribution in [2.45, 2.75) is 72.3 Å². The van der Waals surface area contributed by atoms with Gasteiger partial charge in [-0.15, -0.1) is 0 Å². The minimum atomic E-state index is -0.104. The van der Waals surface area contributed by atoms with Gasteiger partial charge in [0, 0.05) is 11.4 Å². The number of carbonyl (C=O) groups is 1. The van der Waals surface area contributed by atoms with Crippen LogP contribution in [-0.2, 0) is 9.53 Å². The molecule has 0 aromatic heterocycles. The first-order chi connectivity index (χ1) is 7.98. The molecule has 0 spiro atoms. The third kappa shape index (κ3) is 5.72. The van der Waals surface area contributed by atoms with Gasteiger partial charge >= 0.3 is 0 Å². The van der Waals surface area contributed by atoms with Crippen LogP contribution < -0.4 is 0 Å². The average molecular weight is 239 g/mol. The van der Waals surface area contributed by atoms with Gasteiger partial charge in [0.25, 0.3) is 0 Å². The highest BCUT2D eigenvalue weighted by Crippen LogP contribution is 2.29. The van der Waals surface area contributed by atoms with E-state index in [9.17, 15) is 4.79 Å². The lowest BCUT2D eigenvalue weighted by Crippen LogP contribution is -2.26. The lowest BCUT2D eigenvalue weighted by atomic mass is 9.61. The third-order valence-electron chi connectivity index (χ3n) is 3.43. The molecule has 0 bridgehead atoms. The molecule has 3 atom stereocenters. The molecule has 1 heterocycles. The van der Waals surface area contributed by atoms with Crippen molar-refractivity contribution in [3.63, 3.8) is 0 Å². The van der Waals surface area contributed by atoms with Crippen LogP contribution in [0.1, 0.15) is 54.4 Å². The summed E-state index contributed by atoms with van der Waals surface area (Å²) in [4.78, 5) is 11.0. The number of carbonyl (C=O) groups excluding carboxylic acids is 1. The minimum Gasteiger partial charge on any atom is -0.382 e. The van der Waals surface area contributed by atoms with Crippen LogP contribution >= 0.6 is 0 Å². The Morgan fingerprint density at radius 1 is 1.47 bits per heavy atom. The summed E-state index contributed by atoms with van der Waals surface area (Å²) in [5.74, 6) is 0.622. The number of aldehydes is 1. The second-order valence-corrected chi connectivity index (χ2v) is 5.20. The fourth-order valence-corrected chi connectivity index (χ4v) is 2.11. The van der Waals surface area contributed by atoms with E-state index in [0.717, 1.165) is 25.4 Å². The topological polar surface area (TPSA) is 26.3 Å². The van der Waals surface area contributed by atoms with Gasteiger partial charge in [0.05, 0.1) is 6.10 Å². The van der Waals surface area contributed by atoms with Crippen molar-refractivity contribution >= 4 is 13.6 Å². The number of rotatable bonds is 5. The Bertz CT molecular complexity index is 216. The van der Waals surface area contributed by atoms with Gasteiger partial charge in [-0.25, -0.2) is 0 Å². The maximum absolute atomic E-state index is 11.0. The Morgan fingerprint density at radius 3 is 2.41 bits per heavy atom. The monoisotopic (exact) mass is 239 g/mol. The maximum atomic E-state index is 11.0. The lowest BCUT2D eigenvalue weighted by molar-refractivity contribution is -0.114. The summed E-state index contributed by atoms with van der Waals surface area (Å²) >= 11 is 0. The second-order valence-electron chi connectivity index (χ2n) is 5.20. The zero-order valence-electron chi connectivity index (χ0n) is 12.3. The molecule has 0 amide bonds. The molecule has 2 nitrogen and oxygen atoms in total. The maximum Gasteiger partial charge on any atom is 0.155 e. The first-order valence-electron chi connectivity index (χ1n) is 6.96. The van der Waals surface area contributed by atoms with Gasteiger partial charge in [-0.3, -0.25) is 0 Å². The summed E-state index contributed by atoms with van der Waals surface area (Å²) in [5.41, 5.74) is -0.104. The SMILES string of the molecule is CC.CCC(C)C(C=O)CC1C[B]C(C)(C)O1. The highest BCUT2D eigenvalue weighted by atomic mass is 16.5. The molecule has 0 aromatic carbocycles. The molecule has 17 heavy (non-hydrogen) atoms. The van der Waals surface area contributed by atoms with E-state index in [0.29, 0.717) is 5.92 Å². The third-order valence-corrected chi connectivity index (χ3v) is 3.43. The van der Waals surface area contributed by atoms with Gasteiger partial charge in [0.1, 0.15) is 6.29 Å². The van der Waals surface area contributed by atoms with Crippen LogP contribution in [0.15, 0.2) is 0 Å². The summed E-state index contributed by atoms with van der Waals surface area (Å²) in [6.45, 7) is 12.4. The molecule has 1 radical (unpaired) electrons. The van der Waals surface area contributed by atoms with E-state index < -0.39 is 0 Å². The number of ether oxygens (including phenoxy) is 1. The van der Waals surface area contributed by atoms with Crippen molar-refractivity contribution in [2.24, 2.45) is 11.8 Å². The predicted octanol–water partition coefficient (Wildman–Crippen LogP) is 3.52. The van der Waals surface area contributed by atoms with E-state index in [1.807, 2.05) is 13.8 Å². The molecule has 1 saturated heterocycles. The number of hydrogen-bond acceptors (Lipinski definition) is 2. The average Bonchev–Trinajstić information content (AvgIpc) is 2.67. The molecular formula is C14H28BO2. The molecule has 1 fully saturated rings. The van der Waals surface area contributed by atoms with Gasteiger partial charge in [-0.2, -0.15) is 0 Å². The van der Waals surface area contributed by atoms with Crippen molar-refractivity contribution in [3.05, 3.63) is 0 Å². The second kappa shape index (κ2) is 7.91. The molecule has 0 saturated carbocycles. The molecule has 1 aliphatic heterocycles. The van der Waals surface area contributed by atoms with Crippen LogP contribution in [0.2, 0.25) is 6.32 Å². The van der Waals surface area contributed by atoms with E-state index in [-0.39, 0.29) is 17.5 Å². The van der Waals surface area contributed by atoms with Crippen molar-refractivity contribution < 1.29 is 9.53 Å². The van der Waals surface area contributed by atoms with Crippen LogP contribution in [-0.4, -0.2) is 25.2 Å². The summed E-state index contributed by atoms with van der Waals surface area (Å²) in [5, 5.41) is 0. The highest BCUT2D eigenvalue weighted by Gasteiger charge is 2.34. The quantitative estimate of drug-likeness (QED) is 0.542. The van der Waals surface area contributed by atoms with Crippen molar-refractivity contribution in [3.8, 4) is 0 Å². The Balaban J connectivity index is 0.00000121. The normalized spacial score (nSPS) is 25.2. The summed E-state index contributed by atoms with van der Waals surface area (Å²) in [6, 6.07) is 0. The van der Waals surface area contributed by atoms with Gasteiger partial charge in [-0.05, 0) is 26.2 Å². The molecule has 0 aromatic rings.